The molecule has 6 nitrogen and oxygen atoms in total. The number of sulfonamides is 1. The Morgan fingerprint density at radius 1 is 0.857 bits per heavy atom. The summed E-state index contributed by atoms with van der Waals surface area (Å²) in [7, 11) is -2.11. The zero-order valence-electron chi connectivity index (χ0n) is 15.5. The van der Waals surface area contributed by atoms with Gasteiger partial charge in [0.1, 0.15) is 11.5 Å². The lowest BCUT2D eigenvalue weighted by atomic mass is 10.3. The monoisotopic (exact) mass is 396 g/mol. The van der Waals surface area contributed by atoms with Crippen molar-refractivity contribution in [1.82, 2.24) is 0 Å². The molecule has 0 aliphatic rings. The molecule has 144 valence electrons. The maximum atomic E-state index is 12.6. The van der Waals surface area contributed by atoms with Gasteiger partial charge in [0.2, 0.25) is 5.91 Å². The summed E-state index contributed by atoms with van der Waals surface area (Å²) < 4.78 is 33.4. The molecule has 1 N–H and O–H groups in total. The molecule has 3 aromatic rings. The van der Waals surface area contributed by atoms with E-state index in [1.807, 2.05) is 30.3 Å². The summed E-state index contributed by atoms with van der Waals surface area (Å²) in [4.78, 5) is 12.9. The number of nitrogens with one attached hydrogen (secondary N) is 1. The van der Waals surface area contributed by atoms with Gasteiger partial charge >= 0.3 is 0 Å². The Kier molecular flexibility index (Phi) is 5.65. The van der Waals surface area contributed by atoms with Crippen LogP contribution >= 0.6 is 0 Å². The highest BCUT2D eigenvalue weighted by atomic mass is 32.2. The van der Waals surface area contributed by atoms with Crippen LogP contribution in [0.2, 0.25) is 0 Å². The van der Waals surface area contributed by atoms with Crippen LogP contribution < -0.4 is 14.4 Å². The lowest BCUT2D eigenvalue weighted by molar-refractivity contribution is -0.116. The standard InChI is InChI=1S/C21H20N2O4S/c1-16(24)23(2)18-10-14-21(15-11-18)28(25,26)22-17-8-12-20(13-9-17)27-19-6-4-3-5-7-19/h3-15,22H,1-2H3. The number of ether oxygens (including phenoxy) is 1. The number of hydrogen-bond acceptors (Lipinski definition) is 4. The highest BCUT2D eigenvalue weighted by Gasteiger charge is 2.15. The number of para-hydroxylation sites is 1. The summed E-state index contributed by atoms with van der Waals surface area (Å²) in [5, 5.41) is 0. The lowest BCUT2D eigenvalue weighted by Gasteiger charge is -2.15. The van der Waals surface area contributed by atoms with E-state index >= 15 is 0 Å². The molecule has 0 aliphatic heterocycles. The molecule has 7 heteroatoms. The molecule has 0 saturated carbocycles. The first-order chi connectivity index (χ1) is 13.3. The van der Waals surface area contributed by atoms with Crippen LogP contribution in [0.1, 0.15) is 6.92 Å². The third-order valence-corrected chi connectivity index (χ3v) is 5.49. The van der Waals surface area contributed by atoms with E-state index < -0.39 is 10.0 Å². The lowest BCUT2D eigenvalue weighted by Crippen LogP contribution is -2.22. The van der Waals surface area contributed by atoms with Crippen molar-refractivity contribution < 1.29 is 17.9 Å². The highest BCUT2D eigenvalue weighted by Crippen LogP contribution is 2.24. The van der Waals surface area contributed by atoms with Crippen molar-refractivity contribution in [3.63, 3.8) is 0 Å². The molecule has 0 aromatic heterocycles. The molecule has 3 aromatic carbocycles. The largest absolute Gasteiger partial charge is 0.457 e. The molecule has 0 atom stereocenters. The summed E-state index contributed by atoms with van der Waals surface area (Å²) in [5.41, 5.74) is 1.04. The second-order valence-electron chi connectivity index (χ2n) is 6.12. The third-order valence-electron chi connectivity index (χ3n) is 4.09. The maximum Gasteiger partial charge on any atom is 0.261 e. The first kappa shape index (κ1) is 19.4. The topological polar surface area (TPSA) is 75.7 Å². The predicted octanol–water partition coefficient (Wildman–Crippen LogP) is 4.26. The number of rotatable bonds is 6. The van der Waals surface area contributed by atoms with Crippen LogP contribution in [0.25, 0.3) is 0 Å². The molecule has 0 radical (unpaired) electrons. The van der Waals surface area contributed by atoms with E-state index in [4.69, 9.17) is 4.74 Å². The predicted molar refractivity (Wildman–Crippen MR) is 109 cm³/mol. The van der Waals surface area contributed by atoms with E-state index in [-0.39, 0.29) is 10.8 Å². The van der Waals surface area contributed by atoms with Gasteiger partial charge in [-0.15, -0.1) is 0 Å². The Hall–Kier alpha value is -3.32. The van der Waals surface area contributed by atoms with Gasteiger partial charge in [-0.1, -0.05) is 18.2 Å². The summed E-state index contributed by atoms with van der Waals surface area (Å²) in [6.45, 7) is 1.44. The molecule has 0 spiro atoms. The fourth-order valence-corrected chi connectivity index (χ4v) is 3.52. The molecule has 3 rings (SSSR count). The smallest absolute Gasteiger partial charge is 0.261 e. The van der Waals surface area contributed by atoms with Crippen LogP contribution in [-0.2, 0) is 14.8 Å². The number of carbonyl (C=O) groups is 1. The zero-order valence-corrected chi connectivity index (χ0v) is 16.3. The minimum Gasteiger partial charge on any atom is -0.457 e. The van der Waals surface area contributed by atoms with Crippen molar-refractivity contribution in [1.29, 1.82) is 0 Å². The summed E-state index contributed by atoms with van der Waals surface area (Å²) in [5.74, 6) is 1.17. The van der Waals surface area contributed by atoms with Crippen molar-refractivity contribution in [2.75, 3.05) is 16.7 Å². The quantitative estimate of drug-likeness (QED) is 0.675. The Balaban J connectivity index is 1.70. The number of nitrogens with zero attached hydrogens (tertiary/aromatic N) is 1. The number of carbonyl (C=O) groups excluding carboxylic acids is 1. The minimum atomic E-state index is -3.74. The van der Waals surface area contributed by atoms with Gasteiger partial charge in [0, 0.05) is 25.3 Å². The van der Waals surface area contributed by atoms with Crippen molar-refractivity contribution >= 4 is 27.3 Å². The molecule has 28 heavy (non-hydrogen) atoms. The Bertz CT molecular complexity index is 1050. The van der Waals surface area contributed by atoms with E-state index in [1.54, 1.807) is 43.4 Å². The van der Waals surface area contributed by atoms with Crippen LogP contribution in [-0.4, -0.2) is 21.4 Å². The summed E-state index contributed by atoms with van der Waals surface area (Å²) in [6, 6.07) is 22.1. The van der Waals surface area contributed by atoms with Crippen molar-refractivity contribution in [3.8, 4) is 11.5 Å². The Morgan fingerprint density at radius 3 is 2.00 bits per heavy atom. The molecular weight excluding hydrogens is 376 g/mol. The van der Waals surface area contributed by atoms with Gasteiger partial charge in [-0.2, -0.15) is 0 Å². The highest BCUT2D eigenvalue weighted by molar-refractivity contribution is 7.92. The van der Waals surface area contributed by atoms with Crippen LogP contribution in [0.5, 0.6) is 11.5 Å². The van der Waals surface area contributed by atoms with Crippen molar-refractivity contribution in [2.24, 2.45) is 0 Å². The molecule has 1 amide bonds. The van der Waals surface area contributed by atoms with E-state index in [9.17, 15) is 13.2 Å². The van der Waals surface area contributed by atoms with Crippen LogP contribution in [0.4, 0.5) is 11.4 Å². The third kappa shape index (κ3) is 4.69. The van der Waals surface area contributed by atoms with Gasteiger partial charge in [0.05, 0.1) is 4.90 Å². The van der Waals surface area contributed by atoms with Crippen LogP contribution in [0.15, 0.2) is 83.8 Å². The average molecular weight is 396 g/mol. The van der Waals surface area contributed by atoms with E-state index in [1.165, 1.54) is 24.0 Å². The second-order valence-corrected chi connectivity index (χ2v) is 7.80. The fraction of sp³-hybridized carbons (Fsp3) is 0.0952. The minimum absolute atomic E-state index is 0.109. The van der Waals surface area contributed by atoms with E-state index in [2.05, 4.69) is 4.72 Å². The Labute approximate surface area is 164 Å². The maximum absolute atomic E-state index is 12.6. The fourth-order valence-electron chi connectivity index (χ4n) is 2.46. The number of hydrogen-bond donors (Lipinski definition) is 1. The zero-order chi connectivity index (χ0) is 20.1. The molecular formula is C21H20N2O4S. The number of benzene rings is 3. The van der Waals surface area contributed by atoms with Crippen molar-refractivity contribution in [3.05, 3.63) is 78.9 Å². The van der Waals surface area contributed by atoms with Gasteiger partial charge in [-0.3, -0.25) is 9.52 Å². The van der Waals surface area contributed by atoms with Gasteiger partial charge < -0.3 is 9.64 Å². The summed E-state index contributed by atoms with van der Waals surface area (Å²) in [6.07, 6.45) is 0. The molecule has 0 bridgehead atoms. The van der Waals surface area contributed by atoms with Crippen LogP contribution in [0.3, 0.4) is 0 Å². The molecule has 0 saturated heterocycles. The molecule has 0 unspecified atom stereocenters. The first-order valence-corrected chi connectivity index (χ1v) is 10.0. The average Bonchev–Trinajstić information content (AvgIpc) is 2.69. The molecule has 0 heterocycles. The normalized spacial score (nSPS) is 10.9. The molecule has 0 fully saturated rings. The Morgan fingerprint density at radius 2 is 1.43 bits per heavy atom. The van der Waals surface area contributed by atoms with Crippen LogP contribution in [0, 0.1) is 0 Å². The van der Waals surface area contributed by atoms with E-state index in [0.717, 1.165) is 0 Å². The van der Waals surface area contributed by atoms with Gasteiger partial charge in [0.25, 0.3) is 10.0 Å². The van der Waals surface area contributed by atoms with Gasteiger partial charge in [-0.25, -0.2) is 8.42 Å². The van der Waals surface area contributed by atoms with Crippen molar-refractivity contribution in [2.45, 2.75) is 11.8 Å². The first-order valence-electron chi connectivity index (χ1n) is 8.55. The SMILES string of the molecule is CC(=O)N(C)c1ccc(S(=O)(=O)Nc2ccc(Oc3ccccc3)cc2)cc1. The number of anilines is 2. The van der Waals surface area contributed by atoms with Gasteiger partial charge in [0.15, 0.2) is 0 Å². The number of amides is 1. The second kappa shape index (κ2) is 8.14. The van der Waals surface area contributed by atoms with E-state index in [0.29, 0.717) is 22.9 Å². The summed E-state index contributed by atoms with van der Waals surface area (Å²) >= 11 is 0. The molecule has 0 aliphatic carbocycles. The van der Waals surface area contributed by atoms with Gasteiger partial charge in [-0.05, 0) is 60.7 Å².